The summed E-state index contributed by atoms with van der Waals surface area (Å²) in [7, 11) is 0. The summed E-state index contributed by atoms with van der Waals surface area (Å²) in [5.41, 5.74) is 5.94. The van der Waals surface area contributed by atoms with E-state index in [2.05, 4.69) is 18.7 Å². The third-order valence-corrected chi connectivity index (χ3v) is 3.71. The van der Waals surface area contributed by atoms with E-state index in [1.807, 2.05) is 0 Å². The van der Waals surface area contributed by atoms with Crippen LogP contribution < -0.4 is 5.73 Å². The van der Waals surface area contributed by atoms with Gasteiger partial charge in [-0.05, 0) is 39.5 Å². The van der Waals surface area contributed by atoms with Crippen LogP contribution in [0.15, 0.2) is 0 Å². The largest absolute Gasteiger partial charge is 0.373 e. The average molecular weight is 212 g/mol. The van der Waals surface area contributed by atoms with Crippen LogP contribution in [-0.2, 0) is 4.74 Å². The normalized spacial score (nSPS) is 44.2. The summed E-state index contributed by atoms with van der Waals surface area (Å²) in [6, 6.07) is 1.22. The van der Waals surface area contributed by atoms with Gasteiger partial charge in [-0.3, -0.25) is 4.90 Å². The molecule has 15 heavy (non-hydrogen) atoms. The van der Waals surface area contributed by atoms with Gasteiger partial charge in [-0.25, -0.2) is 0 Å². The lowest BCUT2D eigenvalue weighted by Gasteiger charge is -2.42. The maximum absolute atomic E-state index is 5.94. The molecule has 0 amide bonds. The van der Waals surface area contributed by atoms with Crippen LogP contribution in [0.3, 0.4) is 0 Å². The van der Waals surface area contributed by atoms with Crippen molar-refractivity contribution in [3.8, 4) is 0 Å². The Bertz CT molecular complexity index is 192. The molecule has 2 atom stereocenters. The molecule has 1 aliphatic carbocycles. The Morgan fingerprint density at radius 3 is 2.07 bits per heavy atom. The summed E-state index contributed by atoms with van der Waals surface area (Å²) in [5.74, 6) is 0. The Balaban J connectivity index is 1.87. The molecule has 0 aromatic carbocycles. The minimum absolute atomic E-state index is 0.393. The van der Waals surface area contributed by atoms with Gasteiger partial charge < -0.3 is 10.5 Å². The summed E-state index contributed by atoms with van der Waals surface area (Å²) in [4.78, 5) is 2.62. The molecule has 2 aliphatic rings. The van der Waals surface area contributed by atoms with Crippen molar-refractivity contribution in [3.63, 3.8) is 0 Å². The van der Waals surface area contributed by atoms with E-state index >= 15 is 0 Å². The molecular weight excluding hydrogens is 188 g/mol. The van der Waals surface area contributed by atoms with E-state index in [1.165, 1.54) is 25.7 Å². The lowest BCUT2D eigenvalue weighted by Crippen LogP contribution is -2.51. The molecule has 88 valence electrons. The number of morpholine rings is 1. The number of hydrogen-bond acceptors (Lipinski definition) is 3. The van der Waals surface area contributed by atoms with Gasteiger partial charge in [0.05, 0.1) is 12.2 Å². The minimum atomic E-state index is 0.393. The second-order valence-corrected chi connectivity index (χ2v) is 5.28. The van der Waals surface area contributed by atoms with E-state index in [4.69, 9.17) is 10.5 Å². The van der Waals surface area contributed by atoms with Crippen molar-refractivity contribution in [2.45, 2.75) is 63.8 Å². The molecule has 1 saturated heterocycles. The molecule has 0 aromatic heterocycles. The third-order valence-electron chi connectivity index (χ3n) is 3.71. The second kappa shape index (κ2) is 4.81. The van der Waals surface area contributed by atoms with Gasteiger partial charge in [0.2, 0.25) is 0 Å². The quantitative estimate of drug-likeness (QED) is 0.713. The third kappa shape index (κ3) is 2.92. The fraction of sp³-hybridized carbons (Fsp3) is 1.00. The number of hydrogen-bond donors (Lipinski definition) is 1. The highest BCUT2D eigenvalue weighted by Gasteiger charge is 2.29. The highest BCUT2D eigenvalue weighted by molar-refractivity contribution is 4.84. The predicted octanol–water partition coefficient (Wildman–Crippen LogP) is 1.37. The van der Waals surface area contributed by atoms with Crippen molar-refractivity contribution in [1.29, 1.82) is 0 Å². The van der Waals surface area contributed by atoms with Crippen LogP contribution in [0, 0.1) is 0 Å². The van der Waals surface area contributed by atoms with Crippen molar-refractivity contribution in [2.75, 3.05) is 13.1 Å². The SMILES string of the molecule is C[C@@H]1CN([C@H]2CC[C@H](N)CC2)C[C@H](C)O1. The zero-order valence-corrected chi connectivity index (χ0v) is 9.98. The van der Waals surface area contributed by atoms with Crippen LogP contribution in [0.2, 0.25) is 0 Å². The summed E-state index contributed by atoms with van der Waals surface area (Å²) < 4.78 is 5.76. The standard InChI is InChI=1S/C12H24N2O/c1-9-7-14(8-10(2)15-9)12-5-3-11(13)4-6-12/h9-12H,3-8,13H2,1-2H3/t9-,10+,11-,12-. The van der Waals surface area contributed by atoms with Gasteiger partial charge in [0, 0.05) is 25.2 Å². The van der Waals surface area contributed by atoms with E-state index in [9.17, 15) is 0 Å². The van der Waals surface area contributed by atoms with Crippen LogP contribution in [0.1, 0.15) is 39.5 Å². The molecule has 0 spiro atoms. The lowest BCUT2D eigenvalue weighted by molar-refractivity contribution is -0.0843. The van der Waals surface area contributed by atoms with Gasteiger partial charge >= 0.3 is 0 Å². The Hall–Kier alpha value is -0.120. The summed E-state index contributed by atoms with van der Waals surface area (Å²) in [6.07, 6.45) is 5.74. The first kappa shape index (κ1) is 11.4. The van der Waals surface area contributed by atoms with Crippen molar-refractivity contribution in [1.82, 2.24) is 4.90 Å². The van der Waals surface area contributed by atoms with Gasteiger partial charge in [0.1, 0.15) is 0 Å². The topological polar surface area (TPSA) is 38.5 Å². The molecule has 3 nitrogen and oxygen atoms in total. The Kier molecular flexibility index (Phi) is 3.65. The first-order valence-electron chi connectivity index (χ1n) is 6.30. The molecule has 0 unspecified atom stereocenters. The molecular formula is C12H24N2O. The van der Waals surface area contributed by atoms with E-state index in [-0.39, 0.29) is 0 Å². The Morgan fingerprint density at radius 1 is 1.00 bits per heavy atom. The molecule has 2 fully saturated rings. The van der Waals surface area contributed by atoms with Crippen LogP contribution >= 0.6 is 0 Å². The second-order valence-electron chi connectivity index (χ2n) is 5.28. The summed E-state index contributed by atoms with van der Waals surface area (Å²) in [5, 5.41) is 0. The number of nitrogens with two attached hydrogens (primary N) is 1. The van der Waals surface area contributed by atoms with Gasteiger partial charge in [-0.15, -0.1) is 0 Å². The number of rotatable bonds is 1. The smallest absolute Gasteiger partial charge is 0.0678 e. The zero-order valence-electron chi connectivity index (χ0n) is 9.98. The van der Waals surface area contributed by atoms with Crippen LogP contribution in [0.4, 0.5) is 0 Å². The monoisotopic (exact) mass is 212 g/mol. The maximum Gasteiger partial charge on any atom is 0.0678 e. The first-order chi connectivity index (χ1) is 7.15. The van der Waals surface area contributed by atoms with Crippen LogP contribution in [0.25, 0.3) is 0 Å². The fourth-order valence-corrected chi connectivity index (χ4v) is 2.98. The van der Waals surface area contributed by atoms with Crippen molar-refractivity contribution in [3.05, 3.63) is 0 Å². The molecule has 1 aliphatic heterocycles. The fourth-order valence-electron chi connectivity index (χ4n) is 2.98. The van der Waals surface area contributed by atoms with Gasteiger partial charge in [0.25, 0.3) is 0 Å². The van der Waals surface area contributed by atoms with Crippen LogP contribution in [-0.4, -0.2) is 42.3 Å². The summed E-state index contributed by atoms with van der Waals surface area (Å²) >= 11 is 0. The Labute approximate surface area is 93.0 Å². The highest BCUT2D eigenvalue weighted by Crippen LogP contribution is 2.24. The highest BCUT2D eigenvalue weighted by atomic mass is 16.5. The zero-order chi connectivity index (χ0) is 10.8. The van der Waals surface area contributed by atoms with E-state index in [0.29, 0.717) is 18.2 Å². The van der Waals surface area contributed by atoms with E-state index < -0.39 is 0 Å². The predicted molar refractivity (Wildman–Crippen MR) is 61.8 cm³/mol. The molecule has 0 radical (unpaired) electrons. The molecule has 1 heterocycles. The van der Waals surface area contributed by atoms with Crippen LogP contribution in [0.5, 0.6) is 0 Å². The number of nitrogens with zero attached hydrogens (tertiary/aromatic N) is 1. The minimum Gasteiger partial charge on any atom is -0.373 e. The molecule has 1 saturated carbocycles. The van der Waals surface area contributed by atoms with Crippen molar-refractivity contribution >= 4 is 0 Å². The lowest BCUT2D eigenvalue weighted by atomic mass is 9.90. The van der Waals surface area contributed by atoms with Gasteiger partial charge in [-0.1, -0.05) is 0 Å². The average Bonchev–Trinajstić information content (AvgIpc) is 2.17. The van der Waals surface area contributed by atoms with E-state index in [0.717, 1.165) is 19.1 Å². The molecule has 0 bridgehead atoms. The Morgan fingerprint density at radius 2 is 1.53 bits per heavy atom. The van der Waals surface area contributed by atoms with Gasteiger partial charge in [0.15, 0.2) is 0 Å². The van der Waals surface area contributed by atoms with Crippen molar-refractivity contribution < 1.29 is 4.74 Å². The van der Waals surface area contributed by atoms with Crippen molar-refractivity contribution in [2.24, 2.45) is 5.73 Å². The van der Waals surface area contributed by atoms with Gasteiger partial charge in [-0.2, -0.15) is 0 Å². The molecule has 0 aromatic rings. The van der Waals surface area contributed by atoms with E-state index in [1.54, 1.807) is 0 Å². The summed E-state index contributed by atoms with van der Waals surface area (Å²) in [6.45, 7) is 6.56. The number of ether oxygens (including phenoxy) is 1. The molecule has 3 heteroatoms. The molecule has 2 rings (SSSR count). The molecule has 2 N–H and O–H groups in total. The maximum atomic E-state index is 5.94. The first-order valence-corrected chi connectivity index (χ1v) is 6.30.